The number of hydrogen-bond acceptors (Lipinski definition) is 4. The van der Waals surface area contributed by atoms with Crippen LogP contribution in [0, 0.1) is 12.7 Å². The van der Waals surface area contributed by atoms with Crippen LogP contribution in [0.1, 0.15) is 24.1 Å². The number of allylic oxidation sites excluding steroid dienone is 1. The van der Waals surface area contributed by atoms with E-state index < -0.39 is 6.04 Å². The van der Waals surface area contributed by atoms with E-state index in [9.17, 15) is 9.18 Å². The number of nitrogens with zero attached hydrogens (tertiary/aromatic N) is 1. The van der Waals surface area contributed by atoms with Gasteiger partial charge in [-0.05, 0) is 73.6 Å². The number of thiocarbonyl (C=S) groups is 1. The van der Waals surface area contributed by atoms with E-state index in [2.05, 4.69) is 10.6 Å². The predicted molar refractivity (Wildman–Crippen MR) is 139 cm³/mol. The highest BCUT2D eigenvalue weighted by Gasteiger charge is 2.35. The minimum atomic E-state index is -0.583. The Morgan fingerprint density at radius 2 is 1.77 bits per heavy atom. The third-order valence-corrected chi connectivity index (χ3v) is 6.15. The number of benzene rings is 3. The van der Waals surface area contributed by atoms with Gasteiger partial charge in [0.05, 0.1) is 31.5 Å². The summed E-state index contributed by atoms with van der Waals surface area (Å²) in [6, 6.07) is 18.5. The summed E-state index contributed by atoms with van der Waals surface area (Å²) in [5, 5.41) is 6.68. The Hall–Kier alpha value is -3.91. The standard InChI is InChI=1S/C27H26FN3O3S/c1-16-6-5-7-20(14-16)31-17(2)24(25(30-27(31)35)18-8-10-19(28)11-9-18)26(32)29-22-15-21(33-3)12-13-23(22)34-4/h5-15,25H,1-4H3,(H,29,32)(H,30,35). The average molecular weight is 492 g/mol. The Labute approximate surface area is 209 Å². The molecule has 0 fully saturated rings. The molecule has 0 spiro atoms. The van der Waals surface area contributed by atoms with Crippen LogP contribution in [-0.4, -0.2) is 25.2 Å². The van der Waals surface area contributed by atoms with Crippen LogP contribution in [0.3, 0.4) is 0 Å². The molecule has 35 heavy (non-hydrogen) atoms. The molecule has 1 heterocycles. The zero-order valence-corrected chi connectivity index (χ0v) is 20.7. The number of rotatable bonds is 6. The lowest BCUT2D eigenvalue weighted by Gasteiger charge is -2.38. The van der Waals surface area contributed by atoms with Gasteiger partial charge in [0, 0.05) is 17.5 Å². The number of amides is 1. The molecule has 0 bridgehead atoms. The number of ether oxygens (including phenoxy) is 2. The van der Waals surface area contributed by atoms with Gasteiger partial charge in [0.15, 0.2) is 5.11 Å². The first-order chi connectivity index (χ1) is 16.8. The fourth-order valence-electron chi connectivity index (χ4n) is 4.12. The van der Waals surface area contributed by atoms with E-state index in [-0.39, 0.29) is 11.7 Å². The molecule has 1 amide bonds. The highest BCUT2D eigenvalue weighted by atomic mass is 32.1. The largest absolute Gasteiger partial charge is 0.497 e. The molecule has 0 aromatic heterocycles. The summed E-state index contributed by atoms with van der Waals surface area (Å²) in [5.74, 6) is 0.356. The third kappa shape index (κ3) is 4.97. The maximum Gasteiger partial charge on any atom is 0.255 e. The van der Waals surface area contributed by atoms with Crippen LogP contribution in [0.5, 0.6) is 11.5 Å². The smallest absolute Gasteiger partial charge is 0.255 e. The molecule has 180 valence electrons. The van der Waals surface area contributed by atoms with Crippen molar-refractivity contribution in [2.24, 2.45) is 0 Å². The summed E-state index contributed by atoms with van der Waals surface area (Å²) in [4.78, 5) is 15.6. The number of hydrogen-bond donors (Lipinski definition) is 2. The van der Waals surface area contributed by atoms with E-state index >= 15 is 0 Å². The average Bonchev–Trinajstić information content (AvgIpc) is 2.84. The predicted octanol–water partition coefficient (Wildman–Crippen LogP) is 5.50. The number of aryl methyl sites for hydroxylation is 1. The van der Waals surface area contributed by atoms with Crippen molar-refractivity contribution < 1.29 is 18.7 Å². The number of nitrogens with one attached hydrogen (secondary N) is 2. The first-order valence-electron chi connectivity index (χ1n) is 11.0. The molecule has 0 aliphatic carbocycles. The lowest BCUT2D eigenvalue weighted by Crippen LogP contribution is -2.48. The van der Waals surface area contributed by atoms with Crippen molar-refractivity contribution in [2.75, 3.05) is 24.4 Å². The van der Waals surface area contributed by atoms with Crippen LogP contribution in [-0.2, 0) is 4.79 Å². The molecule has 1 atom stereocenters. The van der Waals surface area contributed by atoms with Crippen molar-refractivity contribution in [1.82, 2.24) is 5.32 Å². The van der Waals surface area contributed by atoms with Gasteiger partial charge in [-0.2, -0.15) is 0 Å². The first kappa shape index (κ1) is 24.2. The molecule has 3 aromatic rings. The van der Waals surface area contributed by atoms with Crippen molar-refractivity contribution in [3.05, 3.63) is 94.9 Å². The van der Waals surface area contributed by atoms with E-state index in [1.165, 1.54) is 19.2 Å². The zero-order chi connectivity index (χ0) is 25.1. The molecule has 1 aliphatic rings. The van der Waals surface area contributed by atoms with E-state index in [0.29, 0.717) is 39.1 Å². The lowest BCUT2D eigenvalue weighted by molar-refractivity contribution is -0.113. The summed E-state index contributed by atoms with van der Waals surface area (Å²) >= 11 is 5.71. The van der Waals surface area contributed by atoms with Crippen LogP contribution in [0.15, 0.2) is 78.0 Å². The number of carbonyl (C=O) groups is 1. The summed E-state index contributed by atoms with van der Waals surface area (Å²) in [7, 11) is 3.08. The molecule has 0 radical (unpaired) electrons. The maximum atomic E-state index is 13.8. The molecular formula is C27H26FN3O3S. The summed E-state index contributed by atoms with van der Waals surface area (Å²) in [6.45, 7) is 3.84. The minimum absolute atomic E-state index is 0.351. The van der Waals surface area contributed by atoms with E-state index in [1.54, 1.807) is 37.4 Å². The third-order valence-electron chi connectivity index (χ3n) is 5.85. The Morgan fingerprint density at radius 1 is 1.03 bits per heavy atom. The van der Waals surface area contributed by atoms with Crippen molar-refractivity contribution in [3.8, 4) is 11.5 Å². The van der Waals surface area contributed by atoms with Crippen molar-refractivity contribution >= 4 is 34.6 Å². The molecule has 1 aliphatic heterocycles. The summed E-state index contributed by atoms with van der Waals surface area (Å²) in [5.41, 5.74) is 4.17. The van der Waals surface area contributed by atoms with Gasteiger partial charge >= 0.3 is 0 Å². The number of carbonyl (C=O) groups excluding carboxylic acids is 1. The number of methoxy groups -OCH3 is 2. The lowest BCUT2D eigenvalue weighted by atomic mass is 9.94. The second-order valence-corrected chi connectivity index (χ2v) is 8.51. The number of halogens is 1. The van der Waals surface area contributed by atoms with Gasteiger partial charge < -0.3 is 20.1 Å². The fraction of sp³-hybridized carbons (Fsp3) is 0.185. The van der Waals surface area contributed by atoms with E-state index in [0.717, 1.165) is 11.3 Å². The van der Waals surface area contributed by atoms with E-state index in [1.807, 2.05) is 43.0 Å². The zero-order valence-electron chi connectivity index (χ0n) is 19.9. The fourth-order valence-corrected chi connectivity index (χ4v) is 4.48. The molecular weight excluding hydrogens is 465 g/mol. The quantitative estimate of drug-likeness (QED) is 0.444. The molecule has 2 N–H and O–H groups in total. The van der Waals surface area contributed by atoms with Gasteiger partial charge in [0.1, 0.15) is 17.3 Å². The maximum absolute atomic E-state index is 13.8. The second-order valence-electron chi connectivity index (χ2n) is 8.13. The number of anilines is 2. The van der Waals surface area contributed by atoms with Crippen LogP contribution >= 0.6 is 12.2 Å². The first-order valence-corrected chi connectivity index (χ1v) is 11.4. The highest BCUT2D eigenvalue weighted by molar-refractivity contribution is 7.80. The SMILES string of the molecule is COc1ccc(OC)c(NC(=O)C2=C(C)N(c3cccc(C)c3)C(=S)NC2c2ccc(F)cc2)c1. The van der Waals surface area contributed by atoms with Gasteiger partial charge in [-0.1, -0.05) is 24.3 Å². The Bertz CT molecular complexity index is 1310. The van der Waals surface area contributed by atoms with Crippen LogP contribution in [0.2, 0.25) is 0 Å². The van der Waals surface area contributed by atoms with Gasteiger partial charge in [0.25, 0.3) is 5.91 Å². The van der Waals surface area contributed by atoms with Crippen LogP contribution in [0.25, 0.3) is 0 Å². The van der Waals surface area contributed by atoms with Crippen molar-refractivity contribution in [3.63, 3.8) is 0 Å². The van der Waals surface area contributed by atoms with Crippen LogP contribution < -0.4 is 25.0 Å². The van der Waals surface area contributed by atoms with Gasteiger partial charge in [-0.25, -0.2) is 4.39 Å². The summed E-state index contributed by atoms with van der Waals surface area (Å²) in [6.07, 6.45) is 0. The molecule has 3 aromatic carbocycles. The van der Waals surface area contributed by atoms with Crippen LogP contribution in [0.4, 0.5) is 15.8 Å². The van der Waals surface area contributed by atoms with Crippen molar-refractivity contribution in [1.29, 1.82) is 0 Å². The minimum Gasteiger partial charge on any atom is -0.497 e. The Balaban J connectivity index is 1.82. The Kier molecular flexibility index (Phi) is 7.02. The van der Waals surface area contributed by atoms with Gasteiger partial charge in [-0.3, -0.25) is 9.69 Å². The molecule has 0 saturated carbocycles. The second kappa shape index (κ2) is 10.1. The van der Waals surface area contributed by atoms with Gasteiger partial charge in [-0.15, -0.1) is 0 Å². The monoisotopic (exact) mass is 491 g/mol. The molecule has 4 rings (SSSR count). The van der Waals surface area contributed by atoms with Gasteiger partial charge in [0.2, 0.25) is 0 Å². The normalized spacial score (nSPS) is 15.5. The van der Waals surface area contributed by atoms with Crippen molar-refractivity contribution in [2.45, 2.75) is 19.9 Å². The molecule has 6 nitrogen and oxygen atoms in total. The Morgan fingerprint density at radius 3 is 2.43 bits per heavy atom. The highest BCUT2D eigenvalue weighted by Crippen LogP contribution is 2.36. The van der Waals surface area contributed by atoms with E-state index in [4.69, 9.17) is 21.7 Å². The molecule has 0 saturated heterocycles. The topological polar surface area (TPSA) is 62.8 Å². The molecule has 8 heteroatoms. The molecule has 1 unspecified atom stereocenters. The summed E-state index contributed by atoms with van der Waals surface area (Å²) < 4.78 is 24.4.